The molecule has 2 heteroatoms. The Hall–Kier alpha value is -0.530. The summed E-state index contributed by atoms with van der Waals surface area (Å²) in [6.45, 7) is 6.07. The first-order chi connectivity index (χ1) is 4.33. The van der Waals surface area contributed by atoms with E-state index in [0.717, 1.165) is 12.8 Å². The second-order valence-electron chi connectivity index (χ2n) is 1.88. The molecule has 1 saturated heterocycles. The number of amides is 1. The van der Waals surface area contributed by atoms with Crippen LogP contribution < -0.4 is 5.32 Å². The summed E-state index contributed by atoms with van der Waals surface area (Å²) in [5.74, 6) is 0.201. The lowest BCUT2D eigenvalue weighted by molar-refractivity contribution is -0.128. The second-order valence-corrected chi connectivity index (χ2v) is 1.88. The highest BCUT2D eigenvalue weighted by Crippen LogP contribution is 2.05. The molecule has 1 N–H and O–H groups in total. The number of β-lactam (4-membered cyclic amide) rings is 1. The van der Waals surface area contributed by atoms with Crippen LogP contribution in [0.15, 0.2) is 0 Å². The topological polar surface area (TPSA) is 29.1 Å². The highest BCUT2D eigenvalue weighted by atomic mass is 16.2. The van der Waals surface area contributed by atoms with Gasteiger partial charge >= 0.3 is 0 Å². The lowest BCUT2D eigenvalue weighted by Gasteiger charge is -2.24. The fourth-order valence-corrected chi connectivity index (χ4v) is 0.677. The quantitative estimate of drug-likeness (QED) is 0.531. The average Bonchev–Trinajstić information content (AvgIpc) is 1.86. The van der Waals surface area contributed by atoms with Crippen molar-refractivity contribution >= 4 is 5.91 Å². The molecule has 0 aromatic carbocycles. The molecule has 1 rings (SSSR count). The van der Waals surface area contributed by atoms with Gasteiger partial charge < -0.3 is 5.32 Å². The first kappa shape index (κ1) is 8.47. The van der Waals surface area contributed by atoms with Crippen LogP contribution in [0.1, 0.15) is 33.6 Å². The maximum Gasteiger partial charge on any atom is 0.222 e. The number of rotatable bonds is 1. The van der Waals surface area contributed by atoms with E-state index in [-0.39, 0.29) is 5.91 Å². The highest BCUT2D eigenvalue weighted by molar-refractivity contribution is 5.82. The van der Waals surface area contributed by atoms with Gasteiger partial charge in [-0.15, -0.1) is 0 Å². The van der Waals surface area contributed by atoms with Crippen molar-refractivity contribution in [3.63, 3.8) is 0 Å². The largest absolute Gasteiger partial charge is 0.353 e. The SMILES string of the molecule is CC.CCC1CC(=O)N1. The molecule has 1 fully saturated rings. The molecular weight excluding hydrogens is 114 g/mol. The third-order valence-corrected chi connectivity index (χ3v) is 1.29. The lowest BCUT2D eigenvalue weighted by Crippen LogP contribution is -2.47. The molecule has 1 atom stereocenters. The molecule has 0 aromatic heterocycles. The van der Waals surface area contributed by atoms with Crippen molar-refractivity contribution in [2.45, 2.75) is 39.7 Å². The van der Waals surface area contributed by atoms with Crippen molar-refractivity contribution in [2.24, 2.45) is 0 Å². The molecule has 1 heterocycles. The van der Waals surface area contributed by atoms with Crippen LogP contribution in [0.3, 0.4) is 0 Å². The minimum Gasteiger partial charge on any atom is -0.353 e. The van der Waals surface area contributed by atoms with Crippen molar-refractivity contribution in [1.29, 1.82) is 0 Å². The summed E-state index contributed by atoms with van der Waals surface area (Å²) in [5, 5.41) is 2.75. The third-order valence-electron chi connectivity index (χ3n) is 1.29. The molecule has 9 heavy (non-hydrogen) atoms. The van der Waals surface area contributed by atoms with Crippen LogP contribution in [0.25, 0.3) is 0 Å². The molecule has 0 aliphatic carbocycles. The van der Waals surface area contributed by atoms with E-state index < -0.39 is 0 Å². The van der Waals surface area contributed by atoms with E-state index in [1.165, 1.54) is 0 Å². The van der Waals surface area contributed by atoms with Crippen molar-refractivity contribution in [1.82, 2.24) is 5.32 Å². The maximum atomic E-state index is 10.2. The molecule has 54 valence electrons. The maximum absolute atomic E-state index is 10.2. The van der Waals surface area contributed by atoms with Gasteiger partial charge in [-0.3, -0.25) is 4.79 Å². The van der Waals surface area contributed by atoms with Gasteiger partial charge in [0.25, 0.3) is 0 Å². The van der Waals surface area contributed by atoms with Crippen LogP contribution in [0.4, 0.5) is 0 Å². The van der Waals surface area contributed by atoms with Crippen molar-refractivity contribution in [3.05, 3.63) is 0 Å². The molecule has 2 nitrogen and oxygen atoms in total. The van der Waals surface area contributed by atoms with Gasteiger partial charge in [-0.1, -0.05) is 20.8 Å². The zero-order chi connectivity index (χ0) is 7.28. The summed E-state index contributed by atoms with van der Waals surface area (Å²) >= 11 is 0. The van der Waals surface area contributed by atoms with Crippen molar-refractivity contribution in [3.8, 4) is 0 Å². The molecule has 1 amide bonds. The molecule has 0 spiro atoms. The molecule has 1 unspecified atom stereocenters. The summed E-state index contributed by atoms with van der Waals surface area (Å²) in [7, 11) is 0. The van der Waals surface area contributed by atoms with Crippen molar-refractivity contribution in [2.75, 3.05) is 0 Å². The number of hydrogen-bond acceptors (Lipinski definition) is 1. The second kappa shape index (κ2) is 4.36. The highest BCUT2D eigenvalue weighted by Gasteiger charge is 2.22. The van der Waals surface area contributed by atoms with Gasteiger partial charge in [-0.2, -0.15) is 0 Å². The van der Waals surface area contributed by atoms with Gasteiger partial charge in [-0.25, -0.2) is 0 Å². The fourth-order valence-electron chi connectivity index (χ4n) is 0.677. The van der Waals surface area contributed by atoms with E-state index in [1.54, 1.807) is 0 Å². The van der Waals surface area contributed by atoms with E-state index in [1.807, 2.05) is 13.8 Å². The molecule has 0 bridgehead atoms. The Labute approximate surface area is 56.6 Å². The Morgan fingerprint density at radius 2 is 2.11 bits per heavy atom. The molecule has 0 radical (unpaired) electrons. The summed E-state index contributed by atoms with van der Waals surface area (Å²) in [6.07, 6.45) is 1.82. The van der Waals surface area contributed by atoms with Crippen molar-refractivity contribution < 1.29 is 4.79 Å². The summed E-state index contributed by atoms with van der Waals surface area (Å²) < 4.78 is 0. The Bertz CT molecular complexity index is 82.9. The zero-order valence-corrected chi connectivity index (χ0v) is 6.40. The van der Waals surface area contributed by atoms with E-state index >= 15 is 0 Å². The predicted molar refractivity (Wildman–Crippen MR) is 38.2 cm³/mol. The van der Waals surface area contributed by atoms with Crippen LogP contribution in [0.5, 0.6) is 0 Å². The Morgan fingerprint density at radius 1 is 1.67 bits per heavy atom. The molecule has 1 aliphatic rings. The Morgan fingerprint density at radius 3 is 2.22 bits per heavy atom. The normalized spacial score (nSPS) is 23.0. The Balaban J connectivity index is 0.000000291. The fraction of sp³-hybridized carbons (Fsp3) is 0.857. The Kier molecular flexibility index (Phi) is 4.10. The summed E-state index contributed by atoms with van der Waals surface area (Å²) in [5.41, 5.74) is 0. The van der Waals surface area contributed by atoms with Gasteiger partial charge in [0.05, 0.1) is 0 Å². The number of nitrogens with one attached hydrogen (secondary N) is 1. The summed E-state index contributed by atoms with van der Waals surface area (Å²) in [4.78, 5) is 10.2. The average molecular weight is 129 g/mol. The minimum atomic E-state index is 0.201. The van der Waals surface area contributed by atoms with Gasteiger partial charge in [0, 0.05) is 12.5 Å². The lowest BCUT2D eigenvalue weighted by atomic mass is 10.0. The van der Waals surface area contributed by atoms with Gasteiger partial charge in [-0.05, 0) is 6.42 Å². The third kappa shape index (κ3) is 2.49. The van der Waals surface area contributed by atoms with E-state index in [0.29, 0.717) is 6.04 Å². The summed E-state index contributed by atoms with van der Waals surface area (Å²) in [6, 6.07) is 0.493. The monoisotopic (exact) mass is 129 g/mol. The van der Waals surface area contributed by atoms with Crippen LogP contribution in [-0.2, 0) is 4.79 Å². The van der Waals surface area contributed by atoms with E-state index in [9.17, 15) is 4.79 Å². The van der Waals surface area contributed by atoms with Crippen LogP contribution in [0.2, 0.25) is 0 Å². The smallest absolute Gasteiger partial charge is 0.222 e. The van der Waals surface area contributed by atoms with Gasteiger partial charge in [0.2, 0.25) is 5.91 Å². The number of hydrogen-bond donors (Lipinski definition) is 1. The molecule has 0 saturated carbocycles. The molecule has 1 aliphatic heterocycles. The van der Waals surface area contributed by atoms with Crippen LogP contribution in [0, 0.1) is 0 Å². The van der Waals surface area contributed by atoms with Crippen LogP contribution in [-0.4, -0.2) is 11.9 Å². The first-order valence-electron chi connectivity index (χ1n) is 3.62. The number of carbonyl (C=O) groups excluding carboxylic acids is 1. The molecule has 0 aromatic rings. The van der Waals surface area contributed by atoms with Crippen LogP contribution >= 0.6 is 0 Å². The molecular formula is C7H15NO. The van der Waals surface area contributed by atoms with Gasteiger partial charge in [0.15, 0.2) is 0 Å². The van der Waals surface area contributed by atoms with Gasteiger partial charge in [0.1, 0.15) is 0 Å². The zero-order valence-electron chi connectivity index (χ0n) is 6.40. The predicted octanol–water partition coefficient (Wildman–Crippen LogP) is 1.31. The standard InChI is InChI=1S/C5H9NO.C2H6/c1-2-4-3-5(7)6-4;1-2/h4H,2-3H2,1H3,(H,6,7);1-2H3. The van der Waals surface area contributed by atoms with E-state index in [2.05, 4.69) is 12.2 Å². The van der Waals surface area contributed by atoms with E-state index in [4.69, 9.17) is 0 Å². The first-order valence-corrected chi connectivity index (χ1v) is 3.62. The number of carbonyl (C=O) groups is 1. The minimum absolute atomic E-state index is 0.201.